The first-order chi connectivity index (χ1) is 19.0. The molecule has 0 unspecified atom stereocenters. The lowest BCUT2D eigenvalue weighted by atomic mass is 10.1. The van der Waals surface area contributed by atoms with Gasteiger partial charge >= 0.3 is 0 Å². The number of nitrogens with one attached hydrogen (secondary N) is 4. The average Bonchev–Trinajstić information content (AvgIpc) is 2.94. The van der Waals surface area contributed by atoms with Gasteiger partial charge in [-0.2, -0.15) is 15.0 Å². The molecule has 3 aromatic rings. The first kappa shape index (κ1) is 29.8. The molecule has 0 aliphatic rings. The van der Waals surface area contributed by atoms with Crippen molar-refractivity contribution in [1.82, 2.24) is 20.3 Å². The molecule has 0 atom stereocenters. The summed E-state index contributed by atoms with van der Waals surface area (Å²) in [4.78, 5) is 26.2. The van der Waals surface area contributed by atoms with Crippen molar-refractivity contribution in [1.29, 1.82) is 0 Å². The third kappa shape index (κ3) is 11.6. The minimum atomic E-state index is -0.196. The van der Waals surface area contributed by atoms with E-state index in [0.717, 1.165) is 18.5 Å². The number of anilines is 4. The van der Waals surface area contributed by atoms with Crippen LogP contribution in [0.4, 0.5) is 23.5 Å². The van der Waals surface area contributed by atoms with E-state index in [1.807, 2.05) is 36.4 Å². The van der Waals surface area contributed by atoms with Crippen LogP contribution < -0.4 is 27.0 Å². The van der Waals surface area contributed by atoms with Gasteiger partial charge in [-0.05, 0) is 36.1 Å². The van der Waals surface area contributed by atoms with Crippen LogP contribution in [0.5, 0.6) is 0 Å². The van der Waals surface area contributed by atoms with E-state index >= 15 is 0 Å². The summed E-state index contributed by atoms with van der Waals surface area (Å²) >= 11 is 0. The first-order valence-corrected chi connectivity index (χ1v) is 13.3. The van der Waals surface area contributed by atoms with E-state index in [2.05, 4.69) is 50.1 Å². The van der Waals surface area contributed by atoms with Gasteiger partial charge in [0, 0.05) is 37.4 Å². The van der Waals surface area contributed by atoms with E-state index < -0.39 is 0 Å². The predicted octanol–water partition coefficient (Wildman–Crippen LogP) is 3.41. The highest BCUT2D eigenvalue weighted by Crippen LogP contribution is 2.18. The Hall–Kier alpha value is -3.80. The molecule has 2 aromatic carbocycles. The Bertz CT molecular complexity index is 1130. The fourth-order valence-electron chi connectivity index (χ4n) is 3.45. The van der Waals surface area contributed by atoms with Crippen molar-refractivity contribution in [2.24, 2.45) is 11.7 Å². The number of hydrogen-bond acceptors (Lipinski definition) is 10. The second kappa shape index (κ2) is 16.9. The van der Waals surface area contributed by atoms with Crippen molar-refractivity contribution >= 4 is 29.4 Å². The Labute approximate surface area is 230 Å². The van der Waals surface area contributed by atoms with E-state index in [0.29, 0.717) is 81.1 Å². The standard InChI is InChI=1S/C28H40N8O3/c1-21(2)11-13-31-26-34-27(32-20-22-7-4-3-5-8-22)36-28(35-26)33-24-10-6-9-23(19-24)25(37)30-14-16-39-18-17-38-15-12-29/h3-10,19,21H,11-18,20,29H2,1-2H3,(H,30,37)(H3,31,32,33,34,35,36). The number of nitrogens with zero attached hydrogens (tertiary/aromatic N) is 3. The fourth-order valence-corrected chi connectivity index (χ4v) is 3.45. The highest BCUT2D eigenvalue weighted by atomic mass is 16.5. The van der Waals surface area contributed by atoms with Gasteiger partial charge in [0.05, 0.1) is 26.4 Å². The van der Waals surface area contributed by atoms with Crippen molar-refractivity contribution in [3.8, 4) is 0 Å². The maximum Gasteiger partial charge on any atom is 0.251 e. The lowest BCUT2D eigenvalue weighted by Crippen LogP contribution is -2.27. The lowest BCUT2D eigenvalue weighted by molar-refractivity contribution is 0.0511. The highest BCUT2D eigenvalue weighted by molar-refractivity contribution is 5.95. The molecule has 0 spiro atoms. The molecule has 39 heavy (non-hydrogen) atoms. The summed E-state index contributed by atoms with van der Waals surface area (Å²) in [6, 6.07) is 17.2. The molecule has 0 fully saturated rings. The Kier molecular flexibility index (Phi) is 12.9. The van der Waals surface area contributed by atoms with E-state index in [4.69, 9.17) is 15.2 Å². The van der Waals surface area contributed by atoms with Gasteiger partial charge in [-0.1, -0.05) is 50.2 Å². The number of carbonyl (C=O) groups excluding carboxylic acids is 1. The molecule has 11 heteroatoms. The molecule has 11 nitrogen and oxygen atoms in total. The largest absolute Gasteiger partial charge is 0.378 e. The molecular formula is C28H40N8O3. The number of hydrogen-bond donors (Lipinski definition) is 5. The number of ether oxygens (including phenoxy) is 2. The normalized spacial score (nSPS) is 10.9. The molecule has 210 valence electrons. The number of rotatable bonds is 18. The van der Waals surface area contributed by atoms with Crippen LogP contribution in [0.25, 0.3) is 0 Å². The predicted molar refractivity (Wildman–Crippen MR) is 154 cm³/mol. The summed E-state index contributed by atoms with van der Waals surface area (Å²) < 4.78 is 10.7. The highest BCUT2D eigenvalue weighted by Gasteiger charge is 2.10. The Balaban J connectivity index is 1.60. The van der Waals surface area contributed by atoms with Crippen molar-refractivity contribution < 1.29 is 14.3 Å². The topological polar surface area (TPSA) is 148 Å². The van der Waals surface area contributed by atoms with Gasteiger partial charge in [0.1, 0.15) is 0 Å². The molecule has 0 bridgehead atoms. The van der Waals surface area contributed by atoms with Crippen molar-refractivity contribution in [3.63, 3.8) is 0 Å². The number of nitrogens with two attached hydrogens (primary N) is 1. The van der Waals surface area contributed by atoms with Crippen LogP contribution in [0.15, 0.2) is 54.6 Å². The second-order valence-corrected chi connectivity index (χ2v) is 9.23. The number of benzene rings is 2. The Morgan fingerprint density at radius 3 is 2.31 bits per heavy atom. The number of amides is 1. The van der Waals surface area contributed by atoms with Crippen molar-refractivity contribution in [3.05, 3.63) is 65.7 Å². The van der Waals surface area contributed by atoms with Gasteiger partial charge in [-0.3, -0.25) is 4.79 Å². The number of carbonyl (C=O) groups is 1. The monoisotopic (exact) mass is 536 g/mol. The van der Waals surface area contributed by atoms with E-state index in [1.54, 1.807) is 18.2 Å². The molecule has 0 aliphatic carbocycles. The zero-order chi connectivity index (χ0) is 27.7. The van der Waals surface area contributed by atoms with Gasteiger partial charge in [-0.15, -0.1) is 0 Å². The molecule has 1 aromatic heterocycles. The smallest absolute Gasteiger partial charge is 0.251 e. The van der Waals surface area contributed by atoms with Gasteiger partial charge < -0.3 is 36.5 Å². The molecule has 1 heterocycles. The van der Waals surface area contributed by atoms with Crippen LogP contribution in [-0.2, 0) is 16.0 Å². The average molecular weight is 537 g/mol. The third-order valence-electron chi connectivity index (χ3n) is 5.48. The summed E-state index contributed by atoms with van der Waals surface area (Å²) in [6.45, 7) is 8.39. The third-order valence-corrected chi connectivity index (χ3v) is 5.48. The van der Waals surface area contributed by atoms with Gasteiger partial charge in [0.2, 0.25) is 17.8 Å². The van der Waals surface area contributed by atoms with E-state index in [-0.39, 0.29) is 5.91 Å². The van der Waals surface area contributed by atoms with Gasteiger partial charge in [0.25, 0.3) is 5.91 Å². The number of aromatic nitrogens is 3. The van der Waals surface area contributed by atoms with E-state index in [9.17, 15) is 4.79 Å². The minimum Gasteiger partial charge on any atom is -0.378 e. The van der Waals surface area contributed by atoms with Crippen LogP contribution in [0.1, 0.15) is 36.2 Å². The molecule has 0 saturated carbocycles. The van der Waals surface area contributed by atoms with Gasteiger partial charge in [0.15, 0.2) is 0 Å². The fraction of sp³-hybridized carbons (Fsp3) is 0.429. The van der Waals surface area contributed by atoms with Crippen LogP contribution in [0, 0.1) is 5.92 Å². The summed E-state index contributed by atoms with van der Waals surface area (Å²) in [5.41, 5.74) is 7.69. The van der Waals surface area contributed by atoms with Crippen molar-refractivity contribution in [2.75, 3.05) is 62.0 Å². The van der Waals surface area contributed by atoms with E-state index in [1.165, 1.54) is 0 Å². The summed E-state index contributed by atoms with van der Waals surface area (Å²) in [7, 11) is 0. The van der Waals surface area contributed by atoms with Crippen LogP contribution in [-0.4, -0.2) is 66.9 Å². The maximum atomic E-state index is 12.6. The molecule has 0 radical (unpaired) electrons. The lowest BCUT2D eigenvalue weighted by Gasteiger charge is -2.13. The molecule has 3 rings (SSSR count). The summed E-state index contributed by atoms with van der Waals surface area (Å²) in [5, 5.41) is 12.6. The maximum absolute atomic E-state index is 12.6. The quantitative estimate of drug-likeness (QED) is 0.153. The Morgan fingerprint density at radius 2 is 1.56 bits per heavy atom. The molecule has 0 aliphatic heterocycles. The van der Waals surface area contributed by atoms with Crippen LogP contribution in [0.3, 0.4) is 0 Å². The van der Waals surface area contributed by atoms with Gasteiger partial charge in [-0.25, -0.2) is 0 Å². The second-order valence-electron chi connectivity index (χ2n) is 9.23. The zero-order valence-corrected chi connectivity index (χ0v) is 22.8. The Morgan fingerprint density at radius 1 is 0.846 bits per heavy atom. The SMILES string of the molecule is CC(C)CCNc1nc(NCc2ccccc2)nc(Nc2cccc(C(=O)NCCOCCOCCN)c2)n1. The summed E-state index contributed by atoms with van der Waals surface area (Å²) in [5.74, 6) is 1.66. The first-order valence-electron chi connectivity index (χ1n) is 13.3. The molecular weight excluding hydrogens is 496 g/mol. The molecule has 6 N–H and O–H groups in total. The summed E-state index contributed by atoms with van der Waals surface area (Å²) in [6.07, 6.45) is 0.992. The minimum absolute atomic E-state index is 0.196. The van der Waals surface area contributed by atoms with Crippen LogP contribution >= 0.6 is 0 Å². The molecule has 0 saturated heterocycles. The van der Waals surface area contributed by atoms with Crippen LogP contribution in [0.2, 0.25) is 0 Å². The molecule has 1 amide bonds. The van der Waals surface area contributed by atoms with Crippen molar-refractivity contribution in [2.45, 2.75) is 26.8 Å². The zero-order valence-electron chi connectivity index (χ0n) is 22.8.